The average molecular weight is 254 g/mol. The van der Waals surface area contributed by atoms with E-state index >= 15 is 0 Å². The fourth-order valence-corrected chi connectivity index (χ4v) is 2.30. The second kappa shape index (κ2) is 6.16. The van der Waals surface area contributed by atoms with Crippen molar-refractivity contribution in [2.75, 3.05) is 13.7 Å². The third kappa shape index (κ3) is 3.00. The number of hydrogen-bond acceptors (Lipinski definition) is 3. The lowest BCUT2D eigenvalue weighted by Gasteiger charge is -2.27. The van der Waals surface area contributed by atoms with Crippen molar-refractivity contribution in [1.82, 2.24) is 0 Å². The largest absolute Gasteiger partial charge is 0.494 e. The number of hydrogen-bond donors (Lipinski definition) is 1. The Kier molecular flexibility index (Phi) is 4.55. The lowest BCUT2D eigenvalue weighted by atomic mass is 9.98. The first-order valence-corrected chi connectivity index (χ1v) is 6.33. The summed E-state index contributed by atoms with van der Waals surface area (Å²) in [5.41, 5.74) is 0.469. The van der Waals surface area contributed by atoms with Gasteiger partial charge in [-0.05, 0) is 30.9 Å². The summed E-state index contributed by atoms with van der Waals surface area (Å²) >= 11 is 0. The van der Waals surface area contributed by atoms with Crippen LogP contribution >= 0.6 is 0 Å². The Morgan fingerprint density at radius 3 is 3.00 bits per heavy atom. The van der Waals surface area contributed by atoms with E-state index < -0.39 is 11.9 Å². The van der Waals surface area contributed by atoms with Crippen LogP contribution in [0.2, 0.25) is 0 Å². The number of aliphatic hydroxyl groups excluding tert-OH is 1. The molecule has 18 heavy (non-hydrogen) atoms. The molecule has 2 atom stereocenters. The average Bonchev–Trinajstić information content (AvgIpc) is 2.42. The Morgan fingerprint density at radius 2 is 2.33 bits per heavy atom. The highest BCUT2D eigenvalue weighted by Crippen LogP contribution is 2.24. The van der Waals surface area contributed by atoms with E-state index in [4.69, 9.17) is 9.47 Å². The molecule has 0 aromatic heterocycles. The summed E-state index contributed by atoms with van der Waals surface area (Å²) in [5, 5.41) is 10.1. The normalized spacial score (nSPS) is 21.6. The van der Waals surface area contributed by atoms with Crippen molar-refractivity contribution in [3.05, 3.63) is 29.6 Å². The predicted molar refractivity (Wildman–Crippen MR) is 66.3 cm³/mol. The topological polar surface area (TPSA) is 38.7 Å². The minimum absolute atomic E-state index is 0.177. The Morgan fingerprint density at radius 1 is 1.50 bits per heavy atom. The molecule has 0 spiro atoms. The van der Waals surface area contributed by atoms with Gasteiger partial charge in [-0.25, -0.2) is 4.39 Å². The van der Waals surface area contributed by atoms with Gasteiger partial charge in [0.1, 0.15) is 0 Å². The van der Waals surface area contributed by atoms with Crippen LogP contribution in [-0.2, 0) is 11.2 Å². The minimum atomic E-state index is -0.660. The predicted octanol–water partition coefficient (Wildman–Crippen LogP) is 2.31. The van der Waals surface area contributed by atoms with E-state index in [0.29, 0.717) is 12.2 Å². The van der Waals surface area contributed by atoms with Crippen molar-refractivity contribution < 1.29 is 19.0 Å². The first kappa shape index (κ1) is 13.3. The first-order chi connectivity index (χ1) is 8.72. The van der Waals surface area contributed by atoms with E-state index in [1.165, 1.54) is 7.11 Å². The van der Waals surface area contributed by atoms with E-state index in [9.17, 15) is 9.50 Å². The van der Waals surface area contributed by atoms with E-state index in [1.54, 1.807) is 18.2 Å². The fourth-order valence-electron chi connectivity index (χ4n) is 2.30. The molecule has 1 aliphatic heterocycles. The SMILES string of the molecule is COc1cccc(CC(O)C2CCCCO2)c1F. The van der Waals surface area contributed by atoms with Gasteiger partial charge < -0.3 is 14.6 Å². The van der Waals surface area contributed by atoms with Crippen molar-refractivity contribution in [3.8, 4) is 5.75 Å². The summed E-state index contributed by atoms with van der Waals surface area (Å²) in [6.45, 7) is 0.683. The van der Waals surface area contributed by atoms with Gasteiger partial charge in [-0.15, -0.1) is 0 Å². The van der Waals surface area contributed by atoms with Gasteiger partial charge in [-0.2, -0.15) is 0 Å². The zero-order valence-electron chi connectivity index (χ0n) is 10.6. The molecule has 0 saturated carbocycles. The maximum Gasteiger partial charge on any atom is 0.168 e. The molecule has 1 aromatic rings. The van der Waals surface area contributed by atoms with E-state index in [0.717, 1.165) is 19.3 Å². The molecule has 0 radical (unpaired) electrons. The van der Waals surface area contributed by atoms with Crippen LogP contribution in [0.5, 0.6) is 5.75 Å². The van der Waals surface area contributed by atoms with Crippen LogP contribution in [-0.4, -0.2) is 31.0 Å². The number of ether oxygens (including phenoxy) is 2. The third-order valence-electron chi connectivity index (χ3n) is 3.34. The second-order valence-electron chi connectivity index (χ2n) is 4.61. The maximum absolute atomic E-state index is 13.9. The molecule has 1 saturated heterocycles. The molecule has 1 aromatic carbocycles. The van der Waals surface area contributed by atoms with Gasteiger partial charge in [0.25, 0.3) is 0 Å². The van der Waals surface area contributed by atoms with Gasteiger partial charge in [0, 0.05) is 13.0 Å². The molecule has 100 valence electrons. The smallest absolute Gasteiger partial charge is 0.168 e. The molecule has 3 nitrogen and oxygen atoms in total. The highest BCUT2D eigenvalue weighted by atomic mass is 19.1. The zero-order valence-corrected chi connectivity index (χ0v) is 10.6. The summed E-state index contributed by atoms with van der Waals surface area (Å²) < 4.78 is 24.4. The number of methoxy groups -OCH3 is 1. The van der Waals surface area contributed by atoms with E-state index in [1.807, 2.05) is 0 Å². The monoisotopic (exact) mass is 254 g/mol. The van der Waals surface area contributed by atoms with Crippen molar-refractivity contribution in [1.29, 1.82) is 0 Å². The maximum atomic E-state index is 13.9. The molecular weight excluding hydrogens is 235 g/mol. The van der Waals surface area contributed by atoms with Crippen molar-refractivity contribution in [2.45, 2.75) is 37.9 Å². The van der Waals surface area contributed by atoms with Crippen molar-refractivity contribution in [3.63, 3.8) is 0 Å². The highest BCUT2D eigenvalue weighted by molar-refractivity contribution is 5.31. The van der Waals surface area contributed by atoms with Crippen LogP contribution in [0.25, 0.3) is 0 Å². The van der Waals surface area contributed by atoms with Gasteiger partial charge in [0.15, 0.2) is 11.6 Å². The van der Waals surface area contributed by atoms with Crippen LogP contribution in [0.1, 0.15) is 24.8 Å². The first-order valence-electron chi connectivity index (χ1n) is 6.33. The molecule has 4 heteroatoms. The van der Waals surface area contributed by atoms with Gasteiger partial charge >= 0.3 is 0 Å². The number of halogens is 1. The van der Waals surface area contributed by atoms with E-state index in [-0.39, 0.29) is 18.3 Å². The number of rotatable bonds is 4. The van der Waals surface area contributed by atoms with Gasteiger partial charge in [-0.3, -0.25) is 0 Å². The lowest BCUT2D eigenvalue weighted by molar-refractivity contribution is -0.0613. The van der Waals surface area contributed by atoms with Crippen molar-refractivity contribution in [2.24, 2.45) is 0 Å². The summed E-state index contributed by atoms with van der Waals surface area (Å²) in [5.74, 6) is -0.181. The van der Waals surface area contributed by atoms with Crippen LogP contribution in [0.3, 0.4) is 0 Å². The molecule has 0 bridgehead atoms. The molecule has 2 unspecified atom stereocenters. The molecule has 1 N–H and O–H groups in total. The van der Waals surface area contributed by atoms with E-state index in [2.05, 4.69) is 0 Å². The van der Waals surface area contributed by atoms with Crippen molar-refractivity contribution >= 4 is 0 Å². The Hall–Kier alpha value is -1.13. The van der Waals surface area contributed by atoms with Gasteiger partial charge in [0.2, 0.25) is 0 Å². The Labute approximate surface area is 107 Å². The van der Waals surface area contributed by atoms with Crippen LogP contribution in [0.15, 0.2) is 18.2 Å². The summed E-state index contributed by atoms with van der Waals surface area (Å²) in [6.07, 6.45) is 2.36. The van der Waals surface area contributed by atoms with Crippen LogP contribution in [0.4, 0.5) is 4.39 Å². The van der Waals surface area contributed by atoms with Gasteiger partial charge in [-0.1, -0.05) is 12.1 Å². The van der Waals surface area contributed by atoms with Crippen LogP contribution in [0, 0.1) is 5.82 Å². The highest BCUT2D eigenvalue weighted by Gasteiger charge is 2.24. The zero-order chi connectivity index (χ0) is 13.0. The van der Waals surface area contributed by atoms with Crippen LogP contribution < -0.4 is 4.74 Å². The number of aliphatic hydroxyl groups is 1. The lowest BCUT2D eigenvalue weighted by Crippen LogP contribution is -2.33. The third-order valence-corrected chi connectivity index (χ3v) is 3.34. The summed E-state index contributed by atoms with van der Waals surface area (Å²) in [4.78, 5) is 0. The molecule has 1 heterocycles. The molecule has 0 amide bonds. The fraction of sp³-hybridized carbons (Fsp3) is 0.571. The molecule has 1 fully saturated rings. The minimum Gasteiger partial charge on any atom is -0.494 e. The Balaban J connectivity index is 2.04. The number of benzene rings is 1. The summed E-state index contributed by atoms with van der Waals surface area (Å²) in [7, 11) is 1.43. The summed E-state index contributed by atoms with van der Waals surface area (Å²) in [6, 6.07) is 4.97. The second-order valence-corrected chi connectivity index (χ2v) is 4.61. The molecule has 0 aliphatic carbocycles. The molecule has 1 aliphatic rings. The standard InChI is InChI=1S/C14H19FO3/c1-17-13-7-4-5-10(14(13)15)9-11(16)12-6-2-3-8-18-12/h4-5,7,11-12,16H,2-3,6,8-9H2,1H3. The molecular formula is C14H19FO3. The quantitative estimate of drug-likeness (QED) is 0.896. The van der Waals surface area contributed by atoms with Gasteiger partial charge in [0.05, 0.1) is 19.3 Å². The Bertz CT molecular complexity index is 389. The molecule has 2 rings (SSSR count).